The van der Waals surface area contributed by atoms with Crippen molar-refractivity contribution in [2.45, 2.75) is 44.5 Å². The number of aliphatic hydroxyl groups is 1. The Morgan fingerprint density at radius 2 is 1.83 bits per heavy atom. The predicted octanol–water partition coefficient (Wildman–Crippen LogP) is 1.48. The van der Waals surface area contributed by atoms with Crippen molar-refractivity contribution in [3.8, 4) is 5.75 Å². The third-order valence-electron chi connectivity index (χ3n) is 9.22. The van der Waals surface area contributed by atoms with E-state index in [2.05, 4.69) is 0 Å². The molecule has 222 valence electrons. The molecule has 0 bridgehead atoms. The Balaban J connectivity index is 1.53. The van der Waals surface area contributed by atoms with E-state index >= 15 is 4.39 Å². The Hall–Kier alpha value is -3.80. The Morgan fingerprint density at radius 3 is 2.43 bits per heavy atom. The van der Waals surface area contributed by atoms with E-state index in [4.69, 9.17) is 11.1 Å². The van der Waals surface area contributed by atoms with Crippen LogP contribution < -0.4 is 5.73 Å². The van der Waals surface area contributed by atoms with Crippen molar-refractivity contribution in [2.75, 3.05) is 20.6 Å². The van der Waals surface area contributed by atoms with Crippen molar-refractivity contribution in [3.63, 3.8) is 0 Å². The topological polar surface area (TPSA) is 165 Å². The van der Waals surface area contributed by atoms with Gasteiger partial charge in [-0.1, -0.05) is 37.3 Å². The number of nitrogens with one attached hydrogen (secondary N) is 1. The van der Waals surface area contributed by atoms with Gasteiger partial charge in [0.15, 0.2) is 23.0 Å². The van der Waals surface area contributed by atoms with Crippen LogP contribution >= 0.6 is 0 Å². The number of benzene rings is 2. The summed E-state index contributed by atoms with van der Waals surface area (Å²) in [6, 6.07) is 9.74. The monoisotopic (exact) mass is 578 g/mol. The molecule has 6 atom stereocenters. The number of Topliss-reactive ketones (excluding diaryl/α,β-unsaturated/α-hetero) is 3. The highest BCUT2D eigenvalue weighted by Crippen LogP contribution is 2.51. The first kappa shape index (κ1) is 29.7. The van der Waals surface area contributed by atoms with E-state index in [1.807, 2.05) is 42.2 Å². The Bertz CT molecular complexity index is 1490. The lowest BCUT2D eigenvalue weighted by Crippen LogP contribution is -2.73. The summed E-state index contributed by atoms with van der Waals surface area (Å²) in [6.45, 7) is 3.26. The highest BCUT2D eigenvalue weighted by molar-refractivity contribution is 6.33. The highest BCUT2D eigenvalue weighted by Gasteiger charge is 2.67. The lowest BCUT2D eigenvalue weighted by atomic mass is 9.52. The number of aromatic hydroxyl groups is 1. The lowest BCUT2D eigenvalue weighted by molar-refractivity contribution is -0.157. The number of phenolic OH excluding ortho intramolecular Hbond substituents is 1. The Morgan fingerprint density at radius 1 is 1.17 bits per heavy atom. The van der Waals surface area contributed by atoms with Gasteiger partial charge in [0.05, 0.1) is 23.2 Å². The summed E-state index contributed by atoms with van der Waals surface area (Å²) in [6.07, 6.45) is -0.136. The van der Waals surface area contributed by atoms with Gasteiger partial charge in [0.1, 0.15) is 17.5 Å². The molecule has 6 unspecified atom stereocenters. The molecule has 10 nitrogen and oxygen atoms in total. The van der Waals surface area contributed by atoms with Gasteiger partial charge in [-0.05, 0) is 51.0 Å². The van der Waals surface area contributed by atoms with Crippen LogP contribution in [0, 0.1) is 34.9 Å². The van der Waals surface area contributed by atoms with E-state index < -0.39 is 75.8 Å². The third-order valence-corrected chi connectivity index (χ3v) is 9.22. The summed E-state index contributed by atoms with van der Waals surface area (Å²) in [4.78, 5) is 56.6. The second-order valence-corrected chi connectivity index (χ2v) is 11.9. The van der Waals surface area contributed by atoms with Crippen LogP contribution in [0.25, 0.3) is 0 Å². The van der Waals surface area contributed by atoms with Gasteiger partial charge < -0.3 is 21.4 Å². The van der Waals surface area contributed by atoms with Crippen LogP contribution in [0.4, 0.5) is 4.39 Å². The van der Waals surface area contributed by atoms with Gasteiger partial charge in [-0.2, -0.15) is 0 Å². The zero-order valence-electron chi connectivity index (χ0n) is 23.8. The zero-order chi connectivity index (χ0) is 30.7. The fraction of sp³-hybridized carbons (Fsp3) is 0.452. The number of phenols is 1. The van der Waals surface area contributed by atoms with Crippen LogP contribution in [-0.4, -0.2) is 81.3 Å². The number of primary amides is 1. The summed E-state index contributed by atoms with van der Waals surface area (Å²) in [5.41, 5.74) is 2.91. The van der Waals surface area contributed by atoms with Crippen molar-refractivity contribution in [3.05, 3.63) is 64.5 Å². The normalized spacial score (nSPS) is 29.0. The van der Waals surface area contributed by atoms with Gasteiger partial charge in [0.2, 0.25) is 5.91 Å². The maximum atomic E-state index is 16.1. The van der Waals surface area contributed by atoms with Crippen LogP contribution in [0.1, 0.15) is 40.4 Å². The average molecular weight is 579 g/mol. The van der Waals surface area contributed by atoms with Gasteiger partial charge in [-0.15, -0.1) is 0 Å². The van der Waals surface area contributed by atoms with Gasteiger partial charge in [0.25, 0.3) is 0 Å². The molecule has 0 radical (unpaired) electrons. The maximum Gasteiger partial charge on any atom is 0.233 e. The lowest BCUT2D eigenvalue weighted by Gasteiger charge is -2.53. The molecule has 0 heterocycles. The average Bonchev–Trinajstić information content (AvgIpc) is 2.93. The molecular weight excluding hydrogens is 543 g/mol. The minimum atomic E-state index is -2.59. The molecule has 5 rings (SSSR count). The molecule has 0 aromatic heterocycles. The summed E-state index contributed by atoms with van der Waals surface area (Å²) >= 11 is 0. The van der Waals surface area contributed by atoms with Crippen LogP contribution in [0.2, 0.25) is 0 Å². The standard InChI is InChI=1S/C31H35FN4O6/c1-4-36(13-15-8-6-5-7-9-15)14-17-12-20(37)22-18(24(17)32)10-16-11-19-25(35(2)3)27(39)23(30(34)41)28(33)31(19,42)29(40)21(16)26(22)38/h5-9,12,16,19,21,23,25,33,37,42H,4,10-11,13-14H2,1-3H3,(H2,34,41). The van der Waals surface area contributed by atoms with Crippen molar-refractivity contribution >= 4 is 29.0 Å². The van der Waals surface area contributed by atoms with Crippen molar-refractivity contribution < 1.29 is 33.8 Å². The Labute approximate surface area is 242 Å². The number of ketones is 3. The number of carbonyl (C=O) groups excluding carboxylic acids is 4. The fourth-order valence-corrected chi connectivity index (χ4v) is 7.24. The Kier molecular flexibility index (Phi) is 7.63. The number of hydrogen-bond acceptors (Lipinski definition) is 9. The van der Waals surface area contributed by atoms with Crippen LogP contribution in [0.5, 0.6) is 5.75 Å². The molecule has 2 fully saturated rings. The quantitative estimate of drug-likeness (QED) is 0.359. The number of nitrogens with zero attached hydrogens (tertiary/aromatic N) is 2. The molecule has 11 heteroatoms. The number of nitrogens with two attached hydrogens (primary N) is 1. The van der Waals surface area contributed by atoms with E-state index in [0.29, 0.717) is 13.1 Å². The van der Waals surface area contributed by atoms with E-state index in [1.165, 1.54) is 11.0 Å². The summed E-state index contributed by atoms with van der Waals surface area (Å²) in [5.74, 6) is -10.1. The van der Waals surface area contributed by atoms with Crippen LogP contribution in [-0.2, 0) is 33.9 Å². The molecule has 5 N–H and O–H groups in total. The minimum Gasteiger partial charge on any atom is -0.507 e. The van der Waals surface area contributed by atoms with Crippen molar-refractivity contribution in [2.24, 2.45) is 29.4 Å². The fourth-order valence-electron chi connectivity index (χ4n) is 7.24. The van der Waals surface area contributed by atoms with E-state index in [0.717, 1.165) is 5.56 Å². The second-order valence-electron chi connectivity index (χ2n) is 11.9. The molecule has 3 aliphatic rings. The summed E-state index contributed by atoms with van der Waals surface area (Å²) < 4.78 is 16.1. The molecule has 2 aromatic carbocycles. The summed E-state index contributed by atoms with van der Waals surface area (Å²) in [5, 5.41) is 31.3. The summed E-state index contributed by atoms with van der Waals surface area (Å²) in [7, 11) is 3.10. The smallest absolute Gasteiger partial charge is 0.233 e. The number of likely N-dealkylation sites (N-methyl/N-ethyl adjacent to an activating group) is 1. The first-order valence-corrected chi connectivity index (χ1v) is 14.0. The number of fused-ring (bicyclic) bond motifs is 3. The van der Waals surface area contributed by atoms with E-state index in [-0.39, 0.29) is 36.1 Å². The second kappa shape index (κ2) is 10.8. The predicted molar refractivity (Wildman–Crippen MR) is 150 cm³/mol. The molecular formula is C31H35FN4O6. The molecule has 1 amide bonds. The largest absolute Gasteiger partial charge is 0.507 e. The molecule has 42 heavy (non-hydrogen) atoms. The number of carbonyl (C=O) groups is 4. The zero-order valence-corrected chi connectivity index (χ0v) is 23.8. The van der Waals surface area contributed by atoms with E-state index in [1.54, 1.807) is 14.1 Å². The molecule has 0 saturated heterocycles. The molecule has 2 saturated carbocycles. The number of hydrogen-bond donors (Lipinski definition) is 4. The highest BCUT2D eigenvalue weighted by atomic mass is 19.1. The van der Waals surface area contributed by atoms with Crippen molar-refractivity contribution in [1.29, 1.82) is 5.41 Å². The first-order chi connectivity index (χ1) is 19.8. The van der Waals surface area contributed by atoms with Gasteiger partial charge in [0, 0.05) is 30.1 Å². The van der Waals surface area contributed by atoms with Crippen LogP contribution in [0.3, 0.4) is 0 Å². The molecule has 0 aliphatic heterocycles. The number of amides is 1. The number of rotatable bonds is 7. The molecule has 3 aliphatic carbocycles. The maximum absolute atomic E-state index is 16.1. The van der Waals surface area contributed by atoms with Gasteiger partial charge >= 0.3 is 0 Å². The molecule has 0 spiro atoms. The van der Waals surface area contributed by atoms with Crippen LogP contribution in [0.15, 0.2) is 36.4 Å². The minimum absolute atomic E-state index is 0.00104. The molecule has 2 aromatic rings. The number of halogens is 1. The van der Waals surface area contributed by atoms with Gasteiger partial charge in [-0.25, -0.2) is 4.39 Å². The van der Waals surface area contributed by atoms with E-state index in [9.17, 15) is 29.4 Å². The van der Waals surface area contributed by atoms with Gasteiger partial charge in [-0.3, -0.25) is 29.0 Å². The third kappa shape index (κ3) is 4.47. The first-order valence-electron chi connectivity index (χ1n) is 14.0. The van der Waals surface area contributed by atoms with Crippen molar-refractivity contribution in [1.82, 2.24) is 9.80 Å². The SMILES string of the molecule is CCN(Cc1ccccc1)Cc1cc(O)c2c(c1F)CC1CC3C(N(C)C)C(=O)C(C(N)=O)C(=N)C3(O)C(=O)C1C2=O.